The van der Waals surface area contributed by atoms with Crippen molar-refractivity contribution in [1.82, 2.24) is 4.90 Å². The van der Waals surface area contributed by atoms with E-state index in [0.717, 1.165) is 13.1 Å². The van der Waals surface area contributed by atoms with Crippen LogP contribution in [0.2, 0.25) is 0 Å². The number of hydrogen-bond acceptors (Lipinski definition) is 2. The molecule has 0 unspecified atom stereocenters. The number of nitrogens with zero attached hydrogens (tertiary/aromatic N) is 2. The van der Waals surface area contributed by atoms with E-state index in [2.05, 4.69) is 9.89 Å². The van der Waals surface area contributed by atoms with Gasteiger partial charge in [-0.25, -0.2) is 0 Å². The normalized spacial score (nSPS) is 17.0. The van der Waals surface area contributed by atoms with Gasteiger partial charge in [0, 0.05) is 13.6 Å². The number of likely N-dealkylation sites (N-methyl/N-ethyl adjacent to an activating group) is 1. The van der Waals surface area contributed by atoms with Gasteiger partial charge in [-0.2, -0.15) is 0 Å². The van der Waals surface area contributed by atoms with Crippen LogP contribution >= 0.6 is 0 Å². The van der Waals surface area contributed by atoms with Crippen molar-refractivity contribution in [2.45, 2.75) is 0 Å². The molecule has 1 aliphatic rings. The minimum absolute atomic E-state index is 0. The Morgan fingerprint density at radius 3 is 2.71 bits per heavy atom. The van der Waals surface area contributed by atoms with Crippen LogP contribution in [0.3, 0.4) is 0 Å². The van der Waals surface area contributed by atoms with Gasteiger partial charge in [0.05, 0.1) is 12.9 Å². The molecule has 0 atom stereocenters. The first-order chi connectivity index (χ1) is 2.89. The zero-order valence-corrected chi connectivity index (χ0v) is 6.89. The fourth-order valence-electron chi connectivity index (χ4n) is 0.470. The molecule has 1 rings (SSSR count). The summed E-state index contributed by atoms with van der Waals surface area (Å²) in [7, 11) is 2.02. The maximum Gasteiger partial charge on any atom is 1.00 e. The third-order valence-corrected chi connectivity index (χ3v) is 0.861. The van der Waals surface area contributed by atoms with Crippen LogP contribution in [0.5, 0.6) is 0 Å². The van der Waals surface area contributed by atoms with Gasteiger partial charge in [-0.05, 0) is 0 Å². The summed E-state index contributed by atoms with van der Waals surface area (Å²) in [4.78, 5) is 6.03. The zero-order valence-electron chi connectivity index (χ0n) is 5.89. The first-order valence-electron chi connectivity index (χ1n) is 2.10. The molecule has 0 spiro atoms. The summed E-state index contributed by atoms with van der Waals surface area (Å²) >= 11 is 0. The van der Waals surface area contributed by atoms with Crippen molar-refractivity contribution < 1.29 is 31.0 Å². The SMILES string of the molecule is CN1C=NCC1.[H-].[Na+]. The zero-order chi connectivity index (χ0) is 4.41. The monoisotopic (exact) mass is 108 g/mol. The third-order valence-electron chi connectivity index (χ3n) is 0.861. The van der Waals surface area contributed by atoms with E-state index < -0.39 is 0 Å². The maximum atomic E-state index is 3.97. The van der Waals surface area contributed by atoms with E-state index in [4.69, 9.17) is 0 Å². The molecule has 0 bridgehead atoms. The molecule has 0 aromatic rings. The molecule has 0 N–H and O–H groups in total. The molecule has 1 heterocycles. The summed E-state index contributed by atoms with van der Waals surface area (Å²) in [6.45, 7) is 2.08. The minimum atomic E-state index is 0. The Hall–Kier alpha value is 0.470. The van der Waals surface area contributed by atoms with E-state index in [1.54, 1.807) is 0 Å². The molecule has 3 heteroatoms. The molecule has 2 nitrogen and oxygen atoms in total. The molecule has 0 saturated heterocycles. The first-order valence-corrected chi connectivity index (χ1v) is 2.10. The van der Waals surface area contributed by atoms with Crippen LogP contribution in [-0.2, 0) is 0 Å². The van der Waals surface area contributed by atoms with E-state index in [1.807, 2.05) is 13.4 Å². The van der Waals surface area contributed by atoms with Gasteiger partial charge in [-0.3, -0.25) is 4.99 Å². The second kappa shape index (κ2) is 3.47. The molecule has 0 saturated carbocycles. The summed E-state index contributed by atoms with van der Waals surface area (Å²) in [5, 5.41) is 0. The van der Waals surface area contributed by atoms with Gasteiger partial charge in [0.25, 0.3) is 0 Å². The van der Waals surface area contributed by atoms with Crippen LogP contribution in [0.4, 0.5) is 0 Å². The van der Waals surface area contributed by atoms with E-state index >= 15 is 0 Å². The van der Waals surface area contributed by atoms with Gasteiger partial charge in [0.2, 0.25) is 0 Å². The largest absolute Gasteiger partial charge is 1.00 e. The van der Waals surface area contributed by atoms with Gasteiger partial charge in [0.1, 0.15) is 0 Å². The fraction of sp³-hybridized carbons (Fsp3) is 0.750. The minimum Gasteiger partial charge on any atom is -1.00 e. The van der Waals surface area contributed by atoms with Crippen LogP contribution in [0.15, 0.2) is 4.99 Å². The van der Waals surface area contributed by atoms with Crippen molar-refractivity contribution in [3.8, 4) is 0 Å². The Kier molecular flexibility index (Phi) is 3.70. The van der Waals surface area contributed by atoms with Gasteiger partial charge in [0.15, 0.2) is 0 Å². The van der Waals surface area contributed by atoms with Crippen LogP contribution < -0.4 is 29.6 Å². The summed E-state index contributed by atoms with van der Waals surface area (Å²) in [6, 6.07) is 0. The smallest absolute Gasteiger partial charge is 1.00 e. The van der Waals surface area contributed by atoms with Gasteiger partial charge in [-0.1, -0.05) is 0 Å². The fourth-order valence-corrected chi connectivity index (χ4v) is 0.470. The predicted molar refractivity (Wildman–Crippen MR) is 27.1 cm³/mol. The average molecular weight is 108 g/mol. The van der Waals surface area contributed by atoms with E-state index in [1.165, 1.54) is 0 Å². The first kappa shape index (κ1) is 7.47. The van der Waals surface area contributed by atoms with Crippen molar-refractivity contribution in [1.29, 1.82) is 0 Å². The van der Waals surface area contributed by atoms with Crippen molar-refractivity contribution in [2.75, 3.05) is 20.1 Å². The molecule has 0 radical (unpaired) electrons. The maximum absolute atomic E-state index is 3.97. The Labute approximate surface area is 67.4 Å². The van der Waals surface area contributed by atoms with Crippen LogP contribution in [0, 0.1) is 0 Å². The van der Waals surface area contributed by atoms with Crippen molar-refractivity contribution in [2.24, 2.45) is 4.99 Å². The quantitative estimate of drug-likeness (QED) is 0.303. The number of rotatable bonds is 0. The van der Waals surface area contributed by atoms with E-state index in [9.17, 15) is 0 Å². The van der Waals surface area contributed by atoms with Gasteiger partial charge < -0.3 is 6.33 Å². The van der Waals surface area contributed by atoms with Crippen LogP contribution in [0.25, 0.3) is 0 Å². The molecule has 0 aromatic carbocycles. The summed E-state index contributed by atoms with van der Waals surface area (Å²) in [5.41, 5.74) is 0. The molecule has 7 heavy (non-hydrogen) atoms. The topological polar surface area (TPSA) is 15.6 Å². The molecular formula is C4H9N2Na. The molecule has 0 amide bonds. The Balaban J connectivity index is 0. The number of hydrogen-bond donors (Lipinski definition) is 0. The number of aliphatic imine (C=N–C) groups is 1. The van der Waals surface area contributed by atoms with E-state index in [0.29, 0.717) is 0 Å². The molecule has 1 aliphatic heterocycles. The Bertz CT molecular complexity index is 76.4. The van der Waals surface area contributed by atoms with Crippen molar-refractivity contribution >= 4 is 6.34 Å². The second-order valence-electron chi connectivity index (χ2n) is 1.50. The molecular weight excluding hydrogens is 99.0 g/mol. The molecule has 0 fully saturated rings. The van der Waals surface area contributed by atoms with Crippen LogP contribution in [0.1, 0.15) is 1.43 Å². The van der Waals surface area contributed by atoms with Crippen molar-refractivity contribution in [3.63, 3.8) is 0 Å². The molecule has 36 valence electrons. The van der Waals surface area contributed by atoms with Gasteiger partial charge >= 0.3 is 29.6 Å². The van der Waals surface area contributed by atoms with Crippen LogP contribution in [-0.4, -0.2) is 31.4 Å². The summed E-state index contributed by atoms with van der Waals surface area (Å²) < 4.78 is 0. The molecule has 0 aliphatic carbocycles. The Morgan fingerprint density at radius 2 is 2.57 bits per heavy atom. The molecule has 0 aromatic heterocycles. The average Bonchev–Trinajstić information content (AvgIpc) is 1.86. The Morgan fingerprint density at radius 1 is 1.86 bits per heavy atom. The van der Waals surface area contributed by atoms with E-state index in [-0.39, 0.29) is 31.0 Å². The predicted octanol–water partition coefficient (Wildman–Crippen LogP) is -2.92. The third kappa shape index (κ3) is 2.32. The van der Waals surface area contributed by atoms with Crippen molar-refractivity contribution in [3.05, 3.63) is 0 Å². The summed E-state index contributed by atoms with van der Waals surface area (Å²) in [6.07, 6.45) is 1.86. The standard InChI is InChI=1S/C4H8N2.Na.H/c1-6-3-2-5-4-6;;/h4H,2-3H2,1H3;;/q;+1;-1. The summed E-state index contributed by atoms with van der Waals surface area (Å²) in [5.74, 6) is 0. The second-order valence-corrected chi connectivity index (χ2v) is 1.50. The van der Waals surface area contributed by atoms with Gasteiger partial charge in [-0.15, -0.1) is 0 Å².